The van der Waals surface area contributed by atoms with Crippen molar-refractivity contribution in [2.45, 2.75) is 32.2 Å². The van der Waals surface area contributed by atoms with Gasteiger partial charge in [-0.15, -0.1) is 0 Å². The Morgan fingerprint density at radius 1 is 1.53 bits per heavy atom. The zero-order valence-electron chi connectivity index (χ0n) is 10.5. The summed E-state index contributed by atoms with van der Waals surface area (Å²) in [5, 5.41) is 3.19. The molecule has 1 atom stereocenters. The van der Waals surface area contributed by atoms with Gasteiger partial charge in [-0.25, -0.2) is 0 Å². The van der Waals surface area contributed by atoms with Crippen molar-refractivity contribution in [1.82, 2.24) is 5.32 Å². The molecular formula is C14H19NO2. The molecule has 1 N–H and O–H groups in total. The lowest BCUT2D eigenvalue weighted by molar-refractivity contribution is -0.117. The number of rotatable bonds is 4. The SMILES string of the molecule is CNC(CC(C)=O)c1ccc2c(c1)CCCO2. The van der Waals surface area contributed by atoms with Crippen molar-refractivity contribution < 1.29 is 9.53 Å². The fraction of sp³-hybridized carbons (Fsp3) is 0.500. The number of aryl methyl sites for hydroxylation is 1. The van der Waals surface area contributed by atoms with Crippen LogP contribution in [0.2, 0.25) is 0 Å². The van der Waals surface area contributed by atoms with Gasteiger partial charge in [-0.2, -0.15) is 0 Å². The molecule has 1 aliphatic rings. The van der Waals surface area contributed by atoms with E-state index in [9.17, 15) is 4.79 Å². The first-order valence-electron chi connectivity index (χ1n) is 6.13. The minimum Gasteiger partial charge on any atom is -0.493 e. The highest BCUT2D eigenvalue weighted by atomic mass is 16.5. The molecule has 1 aromatic carbocycles. The molecule has 0 bridgehead atoms. The maximum atomic E-state index is 11.2. The highest BCUT2D eigenvalue weighted by Crippen LogP contribution is 2.28. The monoisotopic (exact) mass is 233 g/mol. The van der Waals surface area contributed by atoms with Crippen molar-refractivity contribution in [3.63, 3.8) is 0 Å². The van der Waals surface area contributed by atoms with E-state index in [1.165, 1.54) is 11.1 Å². The third-order valence-corrected chi connectivity index (χ3v) is 3.17. The van der Waals surface area contributed by atoms with Crippen LogP contribution < -0.4 is 10.1 Å². The number of hydrogen-bond donors (Lipinski definition) is 1. The molecule has 0 fully saturated rings. The van der Waals surface area contributed by atoms with Crippen LogP contribution in [0.3, 0.4) is 0 Å². The Morgan fingerprint density at radius 2 is 2.35 bits per heavy atom. The van der Waals surface area contributed by atoms with Crippen molar-refractivity contribution in [3.8, 4) is 5.75 Å². The normalized spacial score (nSPS) is 15.9. The summed E-state index contributed by atoms with van der Waals surface area (Å²) in [4.78, 5) is 11.2. The van der Waals surface area contributed by atoms with Crippen LogP contribution in [0.15, 0.2) is 18.2 Å². The molecule has 92 valence electrons. The van der Waals surface area contributed by atoms with Gasteiger partial charge >= 0.3 is 0 Å². The molecule has 0 saturated heterocycles. The summed E-state index contributed by atoms with van der Waals surface area (Å²) in [6.45, 7) is 2.45. The minimum absolute atomic E-state index is 0.111. The van der Waals surface area contributed by atoms with Crippen molar-refractivity contribution in [1.29, 1.82) is 0 Å². The maximum absolute atomic E-state index is 11.2. The van der Waals surface area contributed by atoms with Gasteiger partial charge in [0.25, 0.3) is 0 Å². The van der Waals surface area contributed by atoms with Crippen molar-refractivity contribution >= 4 is 5.78 Å². The zero-order valence-corrected chi connectivity index (χ0v) is 10.5. The van der Waals surface area contributed by atoms with Gasteiger partial charge in [0.05, 0.1) is 6.61 Å². The van der Waals surface area contributed by atoms with Gasteiger partial charge in [-0.3, -0.25) is 4.79 Å². The van der Waals surface area contributed by atoms with Crippen LogP contribution >= 0.6 is 0 Å². The Hall–Kier alpha value is -1.35. The van der Waals surface area contributed by atoms with Crippen LogP contribution in [0, 0.1) is 0 Å². The largest absolute Gasteiger partial charge is 0.493 e. The van der Waals surface area contributed by atoms with Crippen LogP contribution in [-0.2, 0) is 11.2 Å². The van der Waals surface area contributed by atoms with Crippen molar-refractivity contribution in [2.24, 2.45) is 0 Å². The van der Waals surface area contributed by atoms with E-state index in [-0.39, 0.29) is 11.8 Å². The lowest BCUT2D eigenvalue weighted by Gasteiger charge is -2.21. The number of benzene rings is 1. The van der Waals surface area contributed by atoms with E-state index in [1.807, 2.05) is 19.2 Å². The molecule has 0 spiro atoms. The lowest BCUT2D eigenvalue weighted by Crippen LogP contribution is -2.19. The van der Waals surface area contributed by atoms with E-state index in [0.29, 0.717) is 6.42 Å². The van der Waals surface area contributed by atoms with E-state index >= 15 is 0 Å². The average molecular weight is 233 g/mol. The molecule has 0 aliphatic carbocycles. The standard InChI is InChI=1S/C14H19NO2/c1-10(16)8-13(15-2)11-5-6-14-12(9-11)4-3-7-17-14/h5-6,9,13,15H,3-4,7-8H2,1-2H3. The topological polar surface area (TPSA) is 38.3 Å². The maximum Gasteiger partial charge on any atom is 0.131 e. The molecule has 0 aromatic heterocycles. The molecule has 3 nitrogen and oxygen atoms in total. The molecule has 0 saturated carbocycles. The minimum atomic E-state index is 0.111. The quantitative estimate of drug-likeness (QED) is 0.866. The van der Waals surface area contributed by atoms with E-state index in [2.05, 4.69) is 11.4 Å². The first kappa shape index (κ1) is 12.1. The second-order valence-electron chi connectivity index (χ2n) is 4.57. The molecule has 0 amide bonds. The average Bonchev–Trinajstić information content (AvgIpc) is 2.35. The number of Topliss-reactive ketones (excluding diaryl/α,β-unsaturated/α-hetero) is 1. The molecule has 1 unspecified atom stereocenters. The lowest BCUT2D eigenvalue weighted by atomic mass is 9.97. The summed E-state index contributed by atoms with van der Waals surface area (Å²) >= 11 is 0. The van der Waals surface area contributed by atoms with Crippen molar-refractivity contribution in [3.05, 3.63) is 29.3 Å². The predicted octanol–water partition coefficient (Wildman–Crippen LogP) is 2.25. The van der Waals surface area contributed by atoms with Gasteiger partial charge in [-0.1, -0.05) is 12.1 Å². The third-order valence-electron chi connectivity index (χ3n) is 3.17. The molecule has 3 heteroatoms. The van der Waals surface area contributed by atoms with Crippen LogP contribution in [-0.4, -0.2) is 19.4 Å². The summed E-state index contributed by atoms with van der Waals surface area (Å²) in [6, 6.07) is 6.35. The van der Waals surface area contributed by atoms with Gasteiger partial charge in [-0.05, 0) is 44.0 Å². The van der Waals surface area contributed by atoms with Crippen LogP contribution in [0.4, 0.5) is 0 Å². The second kappa shape index (κ2) is 5.32. The fourth-order valence-electron chi connectivity index (χ4n) is 2.27. The molecule has 1 aliphatic heterocycles. The Balaban J connectivity index is 2.22. The Labute approximate surface area is 102 Å². The number of nitrogens with one attached hydrogen (secondary N) is 1. The number of fused-ring (bicyclic) bond motifs is 1. The number of carbonyl (C=O) groups is 1. The van der Waals surface area contributed by atoms with Gasteiger partial charge in [0.2, 0.25) is 0 Å². The van der Waals surface area contributed by atoms with Gasteiger partial charge < -0.3 is 10.1 Å². The van der Waals surface area contributed by atoms with Gasteiger partial charge in [0.1, 0.15) is 11.5 Å². The third kappa shape index (κ3) is 2.86. The number of ether oxygens (including phenoxy) is 1. The Morgan fingerprint density at radius 3 is 3.06 bits per heavy atom. The molecular weight excluding hydrogens is 214 g/mol. The van der Waals surface area contributed by atoms with Crippen LogP contribution in [0.25, 0.3) is 0 Å². The van der Waals surface area contributed by atoms with E-state index in [1.54, 1.807) is 6.92 Å². The highest BCUT2D eigenvalue weighted by Gasteiger charge is 2.15. The Bertz CT molecular complexity index is 415. The Kier molecular flexibility index (Phi) is 3.79. The summed E-state index contributed by atoms with van der Waals surface area (Å²) in [5.41, 5.74) is 2.43. The summed E-state index contributed by atoms with van der Waals surface area (Å²) in [6.07, 6.45) is 2.68. The number of ketones is 1. The molecule has 1 aromatic rings. The number of carbonyl (C=O) groups excluding carboxylic acids is 1. The summed E-state index contributed by atoms with van der Waals surface area (Å²) in [5.74, 6) is 1.20. The van der Waals surface area contributed by atoms with E-state index in [4.69, 9.17) is 4.74 Å². The first-order chi connectivity index (χ1) is 8.20. The van der Waals surface area contributed by atoms with Gasteiger partial charge in [0.15, 0.2) is 0 Å². The molecule has 2 rings (SSSR count). The predicted molar refractivity (Wildman–Crippen MR) is 67.4 cm³/mol. The second-order valence-corrected chi connectivity index (χ2v) is 4.57. The van der Waals surface area contributed by atoms with Gasteiger partial charge in [0, 0.05) is 12.5 Å². The molecule has 17 heavy (non-hydrogen) atoms. The fourth-order valence-corrected chi connectivity index (χ4v) is 2.27. The van der Waals surface area contributed by atoms with Crippen molar-refractivity contribution in [2.75, 3.05) is 13.7 Å². The molecule has 0 radical (unpaired) electrons. The first-order valence-corrected chi connectivity index (χ1v) is 6.13. The van der Waals surface area contributed by atoms with E-state index < -0.39 is 0 Å². The zero-order chi connectivity index (χ0) is 12.3. The summed E-state index contributed by atoms with van der Waals surface area (Å²) in [7, 11) is 1.89. The smallest absolute Gasteiger partial charge is 0.131 e. The highest BCUT2D eigenvalue weighted by molar-refractivity contribution is 5.76. The summed E-state index contributed by atoms with van der Waals surface area (Å²) < 4.78 is 5.59. The van der Waals surface area contributed by atoms with Crippen LogP contribution in [0.5, 0.6) is 5.75 Å². The van der Waals surface area contributed by atoms with E-state index in [0.717, 1.165) is 25.2 Å². The number of hydrogen-bond acceptors (Lipinski definition) is 3. The molecule has 1 heterocycles. The van der Waals surface area contributed by atoms with Crippen LogP contribution in [0.1, 0.15) is 36.9 Å².